The minimum Gasteiger partial charge on any atom is -0.397 e. The van der Waals surface area contributed by atoms with E-state index in [1.165, 1.54) is 10.8 Å². The van der Waals surface area contributed by atoms with Gasteiger partial charge in [-0.25, -0.2) is 10.0 Å². The molecule has 11 rings (SSSR count). The Morgan fingerprint density at radius 3 is 1.28 bits per heavy atom. The maximum atomic E-state index is 7.05. The second-order valence-electron chi connectivity index (χ2n) is 15.2. The highest BCUT2D eigenvalue weighted by atomic mass is 15.6. The summed E-state index contributed by atoms with van der Waals surface area (Å²) in [6.45, 7) is 0. The summed E-state index contributed by atoms with van der Waals surface area (Å²) in [4.78, 5) is 2.36. The first-order valence-electron chi connectivity index (χ1n) is 20.4. The molecule has 0 bridgehead atoms. The van der Waals surface area contributed by atoms with E-state index in [1.54, 1.807) is 0 Å². The lowest BCUT2D eigenvalue weighted by Gasteiger charge is -2.42. The Morgan fingerprint density at radius 2 is 0.683 bits per heavy atom. The van der Waals surface area contributed by atoms with Gasteiger partial charge in [-0.3, -0.25) is 0 Å². The Labute approximate surface area is 349 Å². The van der Waals surface area contributed by atoms with E-state index < -0.39 is 0 Å². The molecule has 0 aliphatic heterocycles. The van der Waals surface area contributed by atoms with Crippen LogP contribution >= 0.6 is 0 Å². The number of para-hydroxylation sites is 2. The number of benzene rings is 11. The van der Waals surface area contributed by atoms with Crippen molar-refractivity contribution in [3.8, 4) is 0 Å². The van der Waals surface area contributed by atoms with Gasteiger partial charge >= 0.3 is 0 Å². The molecular weight excluding hydrogens is 729 g/mol. The van der Waals surface area contributed by atoms with Gasteiger partial charge < -0.3 is 10.6 Å². The number of hydrogen-bond acceptors (Lipinski definition) is 4. The van der Waals surface area contributed by atoms with E-state index in [1.807, 2.05) is 12.1 Å². The monoisotopic (exact) mass is 768 g/mol. The van der Waals surface area contributed by atoms with Crippen LogP contribution in [0.1, 0.15) is 0 Å². The second kappa shape index (κ2) is 14.7. The van der Waals surface area contributed by atoms with Crippen LogP contribution in [0.15, 0.2) is 231 Å². The average Bonchev–Trinajstić information content (AvgIpc) is 3.31. The number of nitrogens with zero attached hydrogens (tertiary/aromatic N) is 3. The Balaban J connectivity index is 1.31. The molecule has 284 valence electrons. The van der Waals surface area contributed by atoms with E-state index in [4.69, 9.17) is 5.73 Å². The predicted molar refractivity (Wildman–Crippen MR) is 257 cm³/mol. The van der Waals surface area contributed by atoms with Gasteiger partial charge in [0.25, 0.3) is 0 Å². The molecular formula is C56H40N4. The van der Waals surface area contributed by atoms with Crippen molar-refractivity contribution in [2.45, 2.75) is 0 Å². The maximum Gasteiger partial charge on any atom is 0.0884 e. The maximum absolute atomic E-state index is 7.05. The second-order valence-corrected chi connectivity index (χ2v) is 15.2. The fourth-order valence-corrected chi connectivity index (χ4v) is 8.85. The molecule has 0 radical (unpaired) electrons. The van der Waals surface area contributed by atoms with E-state index in [2.05, 4.69) is 233 Å². The normalized spacial score (nSPS) is 11.4. The molecule has 0 amide bonds. The molecule has 2 N–H and O–H groups in total. The summed E-state index contributed by atoms with van der Waals surface area (Å²) in [5.74, 6) is 0. The number of nitrogen functional groups attached to an aromatic ring is 1. The number of hydrazine groups is 1. The molecule has 0 aliphatic rings. The molecule has 0 atom stereocenters. The zero-order valence-corrected chi connectivity index (χ0v) is 32.9. The standard InChI is InChI=1S/C56H40N4/c57-51-27-11-12-28-54(51)58(46-34-31-39-15-1-3-20-44(39)37-46)56-50-26-10-7-19-43(50)33-36-55(56)59(47-35-32-40-16-2-4-21-45(40)38-47)60(52-29-13-22-41-17-5-8-24-48(41)52)53-30-14-23-42-18-6-9-25-49(42)53/h1-38H,57H2. The van der Waals surface area contributed by atoms with Crippen molar-refractivity contribution in [3.05, 3.63) is 231 Å². The van der Waals surface area contributed by atoms with Crippen molar-refractivity contribution in [2.24, 2.45) is 0 Å². The molecule has 4 heteroatoms. The molecule has 0 aromatic heterocycles. The summed E-state index contributed by atoms with van der Waals surface area (Å²) in [5.41, 5.74) is 14.7. The highest BCUT2D eigenvalue weighted by Crippen LogP contribution is 2.51. The summed E-state index contributed by atoms with van der Waals surface area (Å²) >= 11 is 0. The van der Waals surface area contributed by atoms with Crippen LogP contribution in [-0.2, 0) is 0 Å². The lowest BCUT2D eigenvalue weighted by atomic mass is 10.0. The molecule has 11 aromatic carbocycles. The molecule has 60 heavy (non-hydrogen) atoms. The van der Waals surface area contributed by atoms with Crippen LogP contribution in [0.4, 0.5) is 45.5 Å². The molecule has 4 nitrogen and oxygen atoms in total. The SMILES string of the molecule is Nc1ccccc1N(c1ccc2ccccc2c1)c1c(N(c2ccc3ccccc3c2)N(c2cccc3ccccc23)c2cccc3ccccc23)ccc2ccccc12. The molecule has 0 saturated carbocycles. The summed E-state index contributed by atoms with van der Waals surface area (Å²) in [6, 6.07) is 82.6. The molecule has 0 unspecified atom stereocenters. The van der Waals surface area contributed by atoms with Crippen LogP contribution in [0.25, 0.3) is 53.9 Å². The van der Waals surface area contributed by atoms with Gasteiger partial charge in [-0.2, -0.15) is 0 Å². The van der Waals surface area contributed by atoms with Crippen molar-refractivity contribution < 1.29 is 0 Å². The Kier molecular flexibility index (Phi) is 8.60. The number of nitrogens with two attached hydrogens (primary N) is 1. The minimum atomic E-state index is 0.682. The first kappa shape index (κ1) is 35.1. The average molecular weight is 769 g/mol. The van der Waals surface area contributed by atoms with E-state index in [9.17, 15) is 0 Å². The minimum absolute atomic E-state index is 0.682. The smallest absolute Gasteiger partial charge is 0.0884 e. The Bertz CT molecular complexity index is 3300. The fourth-order valence-electron chi connectivity index (χ4n) is 8.85. The number of hydrogen-bond donors (Lipinski definition) is 1. The molecule has 11 aromatic rings. The Hall–Kier alpha value is -8.08. The first-order chi connectivity index (χ1) is 29.7. The van der Waals surface area contributed by atoms with Gasteiger partial charge in [0.2, 0.25) is 0 Å². The van der Waals surface area contributed by atoms with Crippen molar-refractivity contribution in [2.75, 3.05) is 20.7 Å². The van der Waals surface area contributed by atoms with Gasteiger partial charge in [0, 0.05) is 21.8 Å². The summed E-state index contributed by atoms with van der Waals surface area (Å²) < 4.78 is 0. The molecule has 0 saturated heterocycles. The highest BCUT2D eigenvalue weighted by molar-refractivity contribution is 6.10. The zero-order chi connectivity index (χ0) is 40.0. The topological polar surface area (TPSA) is 35.7 Å². The molecule has 0 fully saturated rings. The summed E-state index contributed by atoms with van der Waals surface area (Å²) in [7, 11) is 0. The van der Waals surface area contributed by atoms with Gasteiger partial charge in [0.15, 0.2) is 0 Å². The quantitative estimate of drug-likeness (QED) is 0.123. The number of fused-ring (bicyclic) bond motifs is 5. The van der Waals surface area contributed by atoms with Crippen molar-refractivity contribution in [1.29, 1.82) is 0 Å². The van der Waals surface area contributed by atoms with Crippen LogP contribution in [0, 0.1) is 0 Å². The summed E-state index contributed by atoms with van der Waals surface area (Å²) in [5, 5.41) is 16.3. The van der Waals surface area contributed by atoms with Crippen LogP contribution in [0.5, 0.6) is 0 Å². The molecule has 0 spiro atoms. The van der Waals surface area contributed by atoms with Gasteiger partial charge in [-0.1, -0.05) is 176 Å². The Morgan fingerprint density at radius 1 is 0.267 bits per heavy atom. The van der Waals surface area contributed by atoms with Gasteiger partial charge in [0.1, 0.15) is 0 Å². The van der Waals surface area contributed by atoms with E-state index >= 15 is 0 Å². The van der Waals surface area contributed by atoms with Crippen LogP contribution in [0.2, 0.25) is 0 Å². The van der Waals surface area contributed by atoms with E-state index in [0.29, 0.717) is 5.69 Å². The zero-order valence-electron chi connectivity index (χ0n) is 32.9. The lowest BCUT2D eigenvalue weighted by Crippen LogP contribution is -2.37. The highest BCUT2D eigenvalue weighted by Gasteiger charge is 2.31. The predicted octanol–water partition coefficient (Wildman–Crippen LogP) is 15.4. The number of anilines is 8. The van der Waals surface area contributed by atoms with Crippen LogP contribution < -0.4 is 20.7 Å². The summed E-state index contributed by atoms with van der Waals surface area (Å²) in [6.07, 6.45) is 0. The third-order valence-corrected chi connectivity index (χ3v) is 11.7. The van der Waals surface area contributed by atoms with Crippen LogP contribution in [0.3, 0.4) is 0 Å². The third kappa shape index (κ3) is 6.02. The number of rotatable bonds is 8. The van der Waals surface area contributed by atoms with E-state index in [0.717, 1.165) is 82.9 Å². The molecule has 0 heterocycles. The van der Waals surface area contributed by atoms with Gasteiger partial charge in [-0.15, -0.1) is 0 Å². The van der Waals surface area contributed by atoms with Crippen molar-refractivity contribution in [3.63, 3.8) is 0 Å². The van der Waals surface area contributed by atoms with Gasteiger partial charge in [-0.05, 0) is 92.3 Å². The fraction of sp³-hybridized carbons (Fsp3) is 0. The largest absolute Gasteiger partial charge is 0.397 e. The van der Waals surface area contributed by atoms with Crippen molar-refractivity contribution in [1.82, 2.24) is 0 Å². The van der Waals surface area contributed by atoms with Crippen molar-refractivity contribution >= 4 is 99.4 Å². The van der Waals surface area contributed by atoms with Gasteiger partial charge in [0.05, 0.1) is 39.8 Å². The lowest BCUT2D eigenvalue weighted by molar-refractivity contribution is 1.00. The van der Waals surface area contributed by atoms with Crippen LogP contribution in [-0.4, -0.2) is 0 Å². The van der Waals surface area contributed by atoms with E-state index in [-0.39, 0.29) is 0 Å². The first-order valence-corrected chi connectivity index (χ1v) is 20.4. The molecule has 0 aliphatic carbocycles. The third-order valence-electron chi connectivity index (χ3n) is 11.7.